The van der Waals surface area contributed by atoms with Crippen molar-refractivity contribution >= 4 is 23.6 Å². The first kappa shape index (κ1) is 18.0. The normalized spacial score (nSPS) is 22.9. The van der Waals surface area contributed by atoms with Crippen LogP contribution in [-0.4, -0.2) is 67.8 Å². The van der Waals surface area contributed by atoms with E-state index in [9.17, 15) is 9.59 Å². The summed E-state index contributed by atoms with van der Waals surface area (Å²) in [5.41, 5.74) is 1.21. The molecular weight excluding hydrogens is 338 g/mol. The van der Waals surface area contributed by atoms with Crippen LogP contribution in [-0.2, 0) is 16.6 Å². The lowest BCUT2D eigenvalue weighted by Gasteiger charge is -2.35. The number of allylic oxidation sites excluding steroid dienone is 1. The van der Waals surface area contributed by atoms with E-state index < -0.39 is 0 Å². The van der Waals surface area contributed by atoms with Gasteiger partial charge in [-0.25, -0.2) is 0 Å². The minimum Gasteiger partial charge on any atom is -0.339 e. The van der Waals surface area contributed by atoms with Gasteiger partial charge in [0.05, 0.1) is 11.7 Å². The molecule has 0 unspecified atom stereocenters. The summed E-state index contributed by atoms with van der Waals surface area (Å²) < 4.78 is 1.80. The summed E-state index contributed by atoms with van der Waals surface area (Å²) >= 11 is 1.39. The van der Waals surface area contributed by atoms with Crippen molar-refractivity contribution in [2.45, 2.75) is 37.9 Å². The minimum atomic E-state index is -0.0620. The van der Waals surface area contributed by atoms with Gasteiger partial charge in [-0.2, -0.15) is 0 Å². The number of aromatic nitrogens is 3. The van der Waals surface area contributed by atoms with Crippen molar-refractivity contribution < 1.29 is 9.59 Å². The minimum absolute atomic E-state index is 0.0620. The average molecular weight is 363 g/mol. The van der Waals surface area contributed by atoms with Crippen LogP contribution in [0.4, 0.5) is 0 Å². The van der Waals surface area contributed by atoms with E-state index in [1.807, 2.05) is 30.7 Å². The van der Waals surface area contributed by atoms with Crippen LogP contribution in [0, 0.1) is 5.92 Å². The van der Waals surface area contributed by atoms with Gasteiger partial charge < -0.3 is 14.4 Å². The molecule has 7 nitrogen and oxygen atoms in total. The molecule has 3 aliphatic rings. The molecule has 1 aromatic heterocycles. The maximum atomic E-state index is 12.7. The van der Waals surface area contributed by atoms with E-state index >= 15 is 0 Å². The molecule has 8 heteroatoms. The molecule has 2 amide bonds. The van der Waals surface area contributed by atoms with Crippen molar-refractivity contribution in [3.8, 4) is 0 Å². The molecule has 0 aliphatic carbocycles. The number of thioether (sulfide) groups is 1. The molecule has 0 N–H and O–H groups in total. The first-order chi connectivity index (χ1) is 12.0. The van der Waals surface area contributed by atoms with Gasteiger partial charge in [-0.3, -0.25) is 9.59 Å². The summed E-state index contributed by atoms with van der Waals surface area (Å²) in [5, 5.41) is 8.55. The fraction of sp³-hybridized carbons (Fsp3) is 0.647. The molecule has 0 spiro atoms. The maximum Gasteiger partial charge on any atom is 0.233 e. The number of fused-ring (bicyclic) bond motifs is 4. The number of rotatable bonds is 5. The van der Waals surface area contributed by atoms with E-state index in [-0.39, 0.29) is 23.8 Å². The number of carbonyl (C=O) groups excluding carboxylic acids is 2. The molecule has 0 saturated carbocycles. The quantitative estimate of drug-likeness (QED) is 0.583. The van der Waals surface area contributed by atoms with Crippen LogP contribution in [0.3, 0.4) is 0 Å². The Hall–Kier alpha value is -1.83. The molecule has 0 aromatic carbocycles. The first-order valence-electron chi connectivity index (χ1n) is 8.64. The number of nitrogens with zero attached hydrogens (tertiary/aromatic N) is 5. The summed E-state index contributed by atoms with van der Waals surface area (Å²) in [5.74, 6) is 0.536. The first-order valence-corrected chi connectivity index (χ1v) is 9.62. The Bertz CT molecular complexity index is 682. The van der Waals surface area contributed by atoms with Gasteiger partial charge in [0.15, 0.2) is 5.16 Å². The zero-order valence-corrected chi connectivity index (χ0v) is 15.8. The van der Waals surface area contributed by atoms with Crippen molar-refractivity contribution in [3.05, 3.63) is 18.0 Å². The topological polar surface area (TPSA) is 71.3 Å². The van der Waals surface area contributed by atoms with Crippen molar-refractivity contribution in [2.24, 2.45) is 13.0 Å². The van der Waals surface area contributed by atoms with Gasteiger partial charge in [-0.1, -0.05) is 23.4 Å². The molecule has 3 fully saturated rings. The molecule has 2 bridgehead atoms. The van der Waals surface area contributed by atoms with Gasteiger partial charge in [0.1, 0.15) is 6.33 Å². The Kier molecular flexibility index (Phi) is 5.46. The molecule has 4 rings (SSSR count). The Balaban J connectivity index is 1.64. The average Bonchev–Trinajstić information content (AvgIpc) is 2.80. The van der Waals surface area contributed by atoms with Gasteiger partial charge in [0.25, 0.3) is 0 Å². The van der Waals surface area contributed by atoms with Gasteiger partial charge >= 0.3 is 0 Å². The standard InChI is InChI=1S/C17H25N5O2S/c1-12(2)6-7-22-14-5-4-13(16(22)24)8-21(9-14)15(23)10-25-17-19-18-11-20(17)3/h6,11,13-14H,4-5,7-10H2,1-3H3/t13-,14+/m0/s1. The highest BCUT2D eigenvalue weighted by molar-refractivity contribution is 7.99. The summed E-state index contributed by atoms with van der Waals surface area (Å²) in [7, 11) is 1.86. The lowest BCUT2D eigenvalue weighted by molar-refractivity contribution is -0.139. The molecule has 3 aliphatic heterocycles. The second-order valence-corrected chi connectivity index (χ2v) is 7.95. The highest BCUT2D eigenvalue weighted by Crippen LogP contribution is 2.29. The molecule has 2 atom stereocenters. The Morgan fingerprint density at radius 1 is 1.36 bits per heavy atom. The molecule has 1 aromatic rings. The second-order valence-electron chi connectivity index (χ2n) is 7.01. The predicted octanol–water partition coefficient (Wildman–Crippen LogP) is 1.32. The zero-order valence-electron chi connectivity index (χ0n) is 15.0. The summed E-state index contributed by atoms with van der Waals surface area (Å²) in [6, 6.07) is 0.130. The molecule has 3 saturated heterocycles. The third kappa shape index (κ3) is 4.05. The maximum absolute atomic E-state index is 12.7. The number of hydrogen-bond acceptors (Lipinski definition) is 5. The smallest absolute Gasteiger partial charge is 0.233 e. The molecule has 0 radical (unpaired) electrons. The summed E-state index contributed by atoms with van der Waals surface area (Å²) in [6.07, 6.45) is 5.58. The van der Waals surface area contributed by atoms with E-state index in [1.165, 1.54) is 17.3 Å². The van der Waals surface area contributed by atoms with Crippen LogP contribution >= 0.6 is 11.8 Å². The zero-order chi connectivity index (χ0) is 18.0. The van der Waals surface area contributed by atoms with Crippen LogP contribution in [0.1, 0.15) is 26.7 Å². The van der Waals surface area contributed by atoms with Crippen LogP contribution in [0.2, 0.25) is 0 Å². The van der Waals surface area contributed by atoms with Crippen LogP contribution in [0.25, 0.3) is 0 Å². The van der Waals surface area contributed by atoms with Crippen molar-refractivity contribution in [2.75, 3.05) is 25.4 Å². The van der Waals surface area contributed by atoms with E-state index in [2.05, 4.69) is 16.3 Å². The second kappa shape index (κ2) is 7.59. The highest BCUT2D eigenvalue weighted by Gasteiger charge is 2.41. The molecular formula is C17H25N5O2S. The summed E-state index contributed by atoms with van der Waals surface area (Å²) in [6.45, 7) is 5.91. The molecule has 25 heavy (non-hydrogen) atoms. The van der Waals surface area contributed by atoms with E-state index in [0.717, 1.165) is 18.0 Å². The number of amides is 2. The Morgan fingerprint density at radius 2 is 2.16 bits per heavy atom. The fourth-order valence-electron chi connectivity index (χ4n) is 3.39. The van der Waals surface area contributed by atoms with Gasteiger partial charge in [0.2, 0.25) is 11.8 Å². The van der Waals surface area contributed by atoms with Crippen molar-refractivity contribution in [3.63, 3.8) is 0 Å². The number of piperidine rings is 1. The van der Waals surface area contributed by atoms with Crippen molar-refractivity contribution in [1.29, 1.82) is 0 Å². The Labute approximate surface area is 152 Å². The third-order valence-electron chi connectivity index (χ3n) is 4.84. The van der Waals surface area contributed by atoms with Gasteiger partial charge in [-0.05, 0) is 26.7 Å². The number of hydrogen-bond donors (Lipinski definition) is 0. The van der Waals surface area contributed by atoms with E-state index in [4.69, 9.17) is 0 Å². The van der Waals surface area contributed by atoms with E-state index in [1.54, 1.807) is 10.9 Å². The number of aryl methyl sites for hydroxylation is 1. The van der Waals surface area contributed by atoms with Crippen molar-refractivity contribution in [1.82, 2.24) is 24.6 Å². The highest BCUT2D eigenvalue weighted by atomic mass is 32.2. The molecule has 4 heterocycles. The lowest BCUT2D eigenvalue weighted by Crippen LogP contribution is -2.48. The largest absolute Gasteiger partial charge is 0.339 e. The van der Waals surface area contributed by atoms with Crippen LogP contribution in [0.5, 0.6) is 0 Å². The number of carbonyl (C=O) groups is 2. The predicted molar refractivity (Wildman–Crippen MR) is 96.0 cm³/mol. The lowest BCUT2D eigenvalue weighted by atomic mass is 9.94. The van der Waals surface area contributed by atoms with Gasteiger partial charge in [0, 0.05) is 32.7 Å². The monoisotopic (exact) mass is 363 g/mol. The van der Waals surface area contributed by atoms with Crippen LogP contribution < -0.4 is 0 Å². The van der Waals surface area contributed by atoms with E-state index in [0.29, 0.717) is 25.4 Å². The third-order valence-corrected chi connectivity index (χ3v) is 5.86. The summed E-state index contributed by atoms with van der Waals surface area (Å²) in [4.78, 5) is 29.2. The molecule has 136 valence electrons. The van der Waals surface area contributed by atoms with Crippen LogP contribution in [0.15, 0.2) is 23.1 Å². The fourth-order valence-corrected chi connectivity index (χ4v) is 4.18. The van der Waals surface area contributed by atoms with Gasteiger partial charge in [-0.15, -0.1) is 10.2 Å². The SMILES string of the molecule is CC(C)=CCN1C(=O)[C@H]2CC[C@@H]1CN(C(=O)CSc1nncn1C)C2. The Morgan fingerprint density at radius 3 is 2.84 bits per heavy atom.